The van der Waals surface area contributed by atoms with Crippen molar-refractivity contribution < 1.29 is 14.3 Å². The molecule has 138 valence electrons. The number of carbonyl (C=O) groups is 2. The molecule has 0 radical (unpaired) electrons. The van der Waals surface area contributed by atoms with E-state index in [0.29, 0.717) is 12.8 Å². The molecule has 0 aliphatic carbocycles. The van der Waals surface area contributed by atoms with Gasteiger partial charge in [-0.1, -0.05) is 24.3 Å². The van der Waals surface area contributed by atoms with Gasteiger partial charge in [-0.2, -0.15) is 0 Å². The number of halogens is 1. The van der Waals surface area contributed by atoms with Gasteiger partial charge in [0, 0.05) is 24.4 Å². The molecule has 0 bridgehead atoms. The van der Waals surface area contributed by atoms with Crippen LogP contribution in [0.15, 0.2) is 36.7 Å². The first-order valence-corrected chi connectivity index (χ1v) is 8.66. The first-order valence-electron chi connectivity index (χ1n) is 8.28. The maximum atomic E-state index is 12.0. The number of Topliss-reactive ketones (excluding diaryl/α,β-unsaturated/α-hetero) is 1. The molecule has 1 heterocycles. The molecule has 1 aromatic heterocycles. The summed E-state index contributed by atoms with van der Waals surface area (Å²) in [6, 6.07) is 7.81. The lowest BCUT2D eigenvalue weighted by Crippen LogP contribution is -2.35. The Morgan fingerprint density at radius 1 is 1.15 bits per heavy atom. The second kappa shape index (κ2) is 8.76. The number of rotatable bonds is 6. The minimum Gasteiger partial charge on any atom is -0.444 e. The Labute approximate surface area is 158 Å². The Morgan fingerprint density at radius 3 is 2.50 bits per heavy atom. The predicted octanol–water partition coefficient (Wildman–Crippen LogP) is 3.82. The van der Waals surface area contributed by atoms with Gasteiger partial charge < -0.3 is 10.1 Å². The zero-order valence-corrected chi connectivity index (χ0v) is 15.8. The van der Waals surface area contributed by atoms with Crippen LogP contribution in [0.2, 0.25) is 5.28 Å². The molecule has 2 aromatic rings. The van der Waals surface area contributed by atoms with Crippen molar-refractivity contribution in [3.8, 4) is 11.1 Å². The van der Waals surface area contributed by atoms with E-state index in [1.54, 1.807) is 33.2 Å². The predicted molar refractivity (Wildman–Crippen MR) is 100 cm³/mol. The number of aryl methyl sites for hydroxylation is 1. The van der Waals surface area contributed by atoms with E-state index in [4.69, 9.17) is 16.3 Å². The Morgan fingerprint density at radius 2 is 1.85 bits per heavy atom. The van der Waals surface area contributed by atoms with Crippen LogP contribution >= 0.6 is 11.6 Å². The number of amides is 1. The number of benzene rings is 1. The first-order chi connectivity index (χ1) is 12.2. The average molecular weight is 376 g/mol. The number of alkyl carbamates (subject to hydrolysis) is 1. The third kappa shape index (κ3) is 6.80. The highest BCUT2D eigenvalue weighted by Gasteiger charge is 2.16. The summed E-state index contributed by atoms with van der Waals surface area (Å²) >= 11 is 5.70. The van der Waals surface area contributed by atoms with Crippen molar-refractivity contribution in [3.63, 3.8) is 0 Å². The lowest BCUT2D eigenvalue weighted by atomic mass is 10.0. The number of hydrogen-bond acceptors (Lipinski definition) is 5. The molecule has 1 N–H and O–H groups in total. The number of carbonyl (C=O) groups excluding carboxylic acids is 2. The van der Waals surface area contributed by atoms with Crippen molar-refractivity contribution in [3.05, 3.63) is 47.5 Å². The van der Waals surface area contributed by atoms with Gasteiger partial charge in [0.25, 0.3) is 0 Å². The Bertz CT molecular complexity index is 770. The van der Waals surface area contributed by atoms with Gasteiger partial charge in [0.15, 0.2) is 5.78 Å². The van der Waals surface area contributed by atoms with Crippen LogP contribution in [-0.4, -0.2) is 34.0 Å². The molecule has 0 unspecified atom stereocenters. The minimum atomic E-state index is -0.587. The molecule has 2 rings (SSSR count). The van der Waals surface area contributed by atoms with Crippen LogP contribution < -0.4 is 5.32 Å². The van der Waals surface area contributed by atoms with Crippen molar-refractivity contribution in [2.24, 2.45) is 0 Å². The fourth-order valence-corrected chi connectivity index (χ4v) is 2.32. The fourth-order valence-electron chi connectivity index (χ4n) is 2.22. The Hall–Kier alpha value is -2.47. The molecular weight excluding hydrogens is 354 g/mol. The summed E-state index contributed by atoms with van der Waals surface area (Å²) in [6.45, 7) is 5.27. The monoisotopic (exact) mass is 375 g/mol. The van der Waals surface area contributed by atoms with Crippen LogP contribution in [-0.2, 0) is 16.0 Å². The molecule has 0 atom stereocenters. The summed E-state index contributed by atoms with van der Waals surface area (Å²) in [5.74, 6) is -0.0592. The van der Waals surface area contributed by atoms with Crippen LogP contribution in [0.1, 0.15) is 32.8 Å². The maximum absolute atomic E-state index is 12.0. The highest BCUT2D eigenvalue weighted by Crippen LogP contribution is 2.20. The van der Waals surface area contributed by atoms with Crippen LogP contribution in [0, 0.1) is 0 Å². The normalized spacial score (nSPS) is 11.1. The molecule has 0 aliphatic rings. The van der Waals surface area contributed by atoms with E-state index < -0.39 is 11.7 Å². The lowest BCUT2D eigenvalue weighted by Gasteiger charge is -2.19. The van der Waals surface area contributed by atoms with Gasteiger partial charge in [-0.05, 0) is 49.9 Å². The number of nitrogens with one attached hydrogen (secondary N) is 1. The topological polar surface area (TPSA) is 81.2 Å². The van der Waals surface area contributed by atoms with Crippen molar-refractivity contribution in [2.45, 2.75) is 39.2 Å². The van der Waals surface area contributed by atoms with E-state index in [2.05, 4.69) is 15.3 Å². The van der Waals surface area contributed by atoms with E-state index in [1.165, 1.54) is 0 Å². The SMILES string of the molecule is CC(C)(C)OC(=O)NCC(=O)CCc1cccc(-c2cnc(Cl)nc2)c1. The van der Waals surface area contributed by atoms with Crippen LogP contribution in [0.25, 0.3) is 11.1 Å². The number of ether oxygens (including phenoxy) is 1. The van der Waals surface area contributed by atoms with E-state index >= 15 is 0 Å². The van der Waals surface area contributed by atoms with Crippen LogP contribution in [0.5, 0.6) is 0 Å². The van der Waals surface area contributed by atoms with E-state index in [1.807, 2.05) is 24.3 Å². The van der Waals surface area contributed by atoms with E-state index in [-0.39, 0.29) is 17.6 Å². The van der Waals surface area contributed by atoms with Gasteiger partial charge in [0.1, 0.15) is 5.60 Å². The second-order valence-electron chi connectivity index (χ2n) is 6.84. The molecule has 1 aromatic carbocycles. The highest BCUT2D eigenvalue weighted by atomic mass is 35.5. The standard InChI is InChI=1S/C19H22ClN3O3/c1-19(2,3)26-18(25)23-12-16(24)8-7-13-5-4-6-14(9-13)15-10-21-17(20)22-11-15/h4-6,9-11H,7-8,12H2,1-3H3,(H,23,25). The Balaban J connectivity index is 1.85. The molecule has 26 heavy (non-hydrogen) atoms. The molecule has 0 saturated carbocycles. The van der Waals surface area contributed by atoms with Crippen LogP contribution in [0.3, 0.4) is 0 Å². The summed E-state index contributed by atoms with van der Waals surface area (Å²) in [7, 11) is 0. The largest absolute Gasteiger partial charge is 0.444 e. The fraction of sp³-hybridized carbons (Fsp3) is 0.368. The van der Waals surface area contributed by atoms with Gasteiger partial charge in [0.2, 0.25) is 5.28 Å². The van der Waals surface area contributed by atoms with Crippen molar-refractivity contribution in [1.82, 2.24) is 15.3 Å². The van der Waals surface area contributed by atoms with Gasteiger partial charge in [-0.15, -0.1) is 0 Å². The zero-order chi connectivity index (χ0) is 19.2. The molecule has 0 spiro atoms. The number of nitrogens with zero attached hydrogens (tertiary/aromatic N) is 2. The molecule has 1 amide bonds. The summed E-state index contributed by atoms with van der Waals surface area (Å²) < 4.78 is 5.10. The van der Waals surface area contributed by atoms with Gasteiger partial charge in [0.05, 0.1) is 6.54 Å². The van der Waals surface area contributed by atoms with Crippen molar-refractivity contribution >= 4 is 23.5 Å². The third-order valence-electron chi connectivity index (χ3n) is 3.40. The summed E-state index contributed by atoms with van der Waals surface area (Å²) in [5, 5.41) is 2.68. The van der Waals surface area contributed by atoms with Crippen molar-refractivity contribution in [2.75, 3.05) is 6.54 Å². The van der Waals surface area contributed by atoms with Gasteiger partial charge >= 0.3 is 6.09 Å². The lowest BCUT2D eigenvalue weighted by molar-refractivity contribution is -0.118. The highest BCUT2D eigenvalue weighted by molar-refractivity contribution is 6.28. The van der Waals surface area contributed by atoms with Gasteiger partial charge in [-0.25, -0.2) is 14.8 Å². The molecule has 7 heteroatoms. The van der Waals surface area contributed by atoms with Gasteiger partial charge in [-0.3, -0.25) is 4.79 Å². The molecule has 0 saturated heterocycles. The average Bonchev–Trinajstić information content (AvgIpc) is 2.57. The summed E-state index contributed by atoms with van der Waals surface area (Å²) in [6.07, 6.45) is 3.64. The second-order valence-corrected chi connectivity index (χ2v) is 7.17. The quantitative estimate of drug-likeness (QED) is 0.776. The molecular formula is C19H22ClN3O3. The number of aromatic nitrogens is 2. The molecule has 0 fully saturated rings. The number of hydrogen-bond donors (Lipinski definition) is 1. The third-order valence-corrected chi connectivity index (χ3v) is 3.60. The molecule has 0 aliphatic heterocycles. The van der Waals surface area contributed by atoms with E-state index in [9.17, 15) is 9.59 Å². The minimum absolute atomic E-state index is 0.0420. The summed E-state index contributed by atoms with van der Waals surface area (Å²) in [5.41, 5.74) is 2.25. The maximum Gasteiger partial charge on any atom is 0.408 e. The van der Waals surface area contributed by atoms with Crippen molar-refractivity contribution in [1.29, 1.82) is 0 Å². The van der Waals surface area contributed by atoms with E-state index in [0.717, 1.165) is 16.7 Å². The number of ketones is 1. The smallest absolute Gasteiger partial charge is 0.408 e. The Kier molecular flexibility index (Phi) is 6.69. The molecule has 6 nitrogen and oxygen atoms in total. The first kappa shape index (κ1) is 19.8. The summed E-state index contributed by atoms with van der Waals surface area (Å²) in [4.78, 5) is 31.5. The zero-order valence-electron chi connectivity index (χ0n) is 15.1. The van der Waals surface area contributed by atoms with Crippen LogP contribution in [0.4, 0.5) is 4.79 Å².